The number of hydrogen-bond donors (Lipinski definition) is 0. The van der Waals surface area contributed by atoms with Gasteiger partial charge in [0, 0.05) is 14.1 Å². The molecule has 0 N–H and O–H groups in total. The van der Waals surface area contributed by atoms with Crippen molar-refractivity contribution in [2.24, 2.45) is 14.1 Å². The number of nitriles is 2. The van der Waals surface area contributed by atoms with E-state index < -0.39 is 0 Å². The quantitative estimate of drug-likeness (QED) is 0.499. The number of hydrogen-bond acceptors (Lipinski definition) is 4. The van der Waals surface area contributed by atoms with Crippen LogP contribution < -0.4 is 0 Å². The van der Waals surface area contributed by atoms with Gasteiger partial charge in [-0.05, 0) is 24.3 Å². The average Bonchev–Trinajstić information content (AvgIpc) is 3.13. The molecule has 116 valence electrons. The van der Waals surface area contributed by atoms with Crippen LogP contribution in [0.25, 0.3) is 22.1 Å². The second-order valence-electron chi connectivity index (χ2n) is 5.19. The second kappa shape index (κ2) is 6.23. The van der Waals surface area contributed by atoms with E-state index in [4.69, 9.17) is 10.5 Å². The molecule has 0 fully saturated rings. The first-order chi connectivity index (χ1) is 11.7. The number of imidazole rings is 2. The molecule has 6 nitrogen and oxygen atoms in total. The Hall–Kier alpha value is -3.64. The molecule has 0 radical (unpaired) electrons. The third-order valence-electron chi connectivity index (χ3n) is 3.77. The van der Waals surface area contributed by atoms with Crippen molar-refractivity contribution >= 4 is 22.1 Å². The number of benzene rings is 2. The molecule has 2 heterocycles. The van der Waals surface area contributed by atoms with Crippen molar-refractivity contribution in [1.82, 2.24) is 19.1 Å². The van der Waals surface area contributed by atoms with E-state index in [0.29, 0.717) is 11.6 Å². The van der Waals surface area contributed by atoms with Gasteiger partial charge in [-0.1, -0.05) is 24.3 Å². The van der Waals surface area contributed by atoms with Crippen LogP contribution >= 0.6 is 0 Å². The van der Waals surface area contributed by atoms with E-state index in [2.05, 4.69) is 9.97 Å². The number of nitrogens with zero attached hydrogens (tertiary/aromatic N) is 6. The Bertz CT molecular complexity index is 1010. The highest BCUT2D eigenvalue weighted by Gasteiger charge is 2.05. The predicted octanol–water partition coefficient (Wildman–Crippen LogP) is 2.89. The highest BCUT2D eigenvalue weighted by atomic mass is 15.1. The summed E-state index contributed by atoms with van der Waals surface area (Å²) >= 11 is 0. The van der Waals surface area contributed by atoms with Gasteiger partial charge in [0.1, 0.15) is 12.1 Å². The maximum atomic E-state index is 8.69. The Morgan fingerprint density at radius 1 is 0.708 bits per heavy atom. The van der Waals surface area contributed by atoms with E-state index in [1.54, 1.807) is 9.13 Å². The molecule has 4 aromatic rings. The molecule has 0 spiro atoms. The first-order valence-electron chi connectivity index (χ1n) is 7.29. The lowest BCUT2D eigenvalue weighted by Crippen LogP contribution is -1.90. The predicted molar refractivity (Wildman–Crippen MR) is 90.9 cm³/mol. The maximum absolute atomic E-state index is 8.69. The van der Waals surface area contributed by atoms with Gasteiger partial charge in [-0.2, -0.15) is 10.5 Å². The van der Waals surface area contributed by atoms with Crippen LogP contribution in [0.1, 0.15) is 11.6 Å². The maximum Gasteiger partial charge on any atom is 0.213 e. The van der Waals surface area contributed by atoms with Crippen LogP contribution in [0, 0.1) is 22.7 Å². The van der Waals surface area contributed by atoms with Crippen molar-refractivity contribution < 1.29 is 0 Å². The molecule has 2 aromatic heterocycles. The molecule has 0 saturated heterocycles. The minimum Gasteiger partial charge on any atom is -0.319 e. The highest BCUT2D eigenvalue weighted by Crippen LogP contribution is 2.13. The minimum atomic E-state index is 0.455. The third kappa shape index (κ3) is 2.57. The number of aromatic nitrogens is 4. The van der Waals surface area contributed by atoms with Gasteiger partial charge in [-0.25, -0.2) is 9.97 Å². The molecular weight excluding hydrogens is 300 g/mol. The summed E-state index contributed by atoms with van der Waals surface area (Å²) in [5.41, 5.74) is 3.73. The Kier molecular flexibility index (Phi) is 3.96. The zero-order chi connectivity index (χ0) is 17.1. The minimum absolute atomic E-state index is 0.455. The molecule has 0 atom stereocenters. The van der Waals surface area contributed by atoms with Crippen molar-refractivity contribution in [3.05, 3.63) is 60.2 Å². The molecule has 6 heteroatoms. The molecule has 24 heavy (non-hydrogen) atoms. The standard InChI is InChI=1S/2C9H7N3/c2*1-12-8-5-3-2-4-7(8)11-9(12)6-10/h2*2-5H,1H3. The molecule has 0 saturated carbocycles. The van der Waals surface area contributed by atoms with Gasteiger partial charge in [0.2, 0.25) is 11.6 Å². The summed E-state index contributed by atoms with van der Waals surface area (Å²) in [6, 6.07) is 19.5. The van der Waals surface area contributed by atoms with Gasteiger partial charge in [0.15, 0.2) is 0 Å². The summed E-state index contributed by atoms with van der Waals surface area (Å²) in [6.07, 6.45) is 0. The Morgan fingerprint density at radius 3 is 1.42 bits per heavy atom. The molecule has 0 aliphatic carbocycles. The van der Waals surface area contributed by atoms with Gasteiger partial charge in [0.25, 0.3) is 0 Å². The Balaban J connectivity index is 0.000000141. The highest BCUT2D eigenvalue weighted by molar-refractivity contribution is 5.77. The fourth-order valence-corrected chi connectivity index (χ4v) is 2.49. The van der Waals surface area contributed by atoms with E-state index in [1.807, 2.05) is 74.8 Å². The van der Waals surface area contributed by atoms with Crippen LogP contribution in [0.3, 0.4) is 0 Å². The lowest BCUT2D eigenvalue weighted by molar-refractivity contribution is 0.921. The summed E-state index contributed by atoms with van der Waals surface area (Å²) in [5.74, 6) is 0.910. The van der Waals surface area contributed by atoms with Crippen LogP contribution in [-0.2, 0) is 14.1 Å². The van der Waals surface area contributed by atoms with Gasteiger partial charge < -0.3 is 9.13 Å². The first-order valence-corrected chi connectivity index (χ1v) is 7.29. The van der Waals surface area contributed by atoms with Crippen LogP contribution in [0.2, 0.25) is 0 Å². The topological polar surface area (TPSA) is 83.2 Å². The Morgan fingerprint density at radius 2 is 1.08 bits per heavy atom. The van der Waals surface area contributed by atoms with Crippen LogP contribution in [0.15, 0.2) is 48.5 Å². The van der Waals surface area contributed by atoms with Crippen molar-refractivity contribution in [3.8, 4) is 12.1 Å². The first kappa shape index (κ1) is 15.3. The van der Waals surface area contributed by atoms with E-state index in [-0.39, 0.29) is 0 Å². The lowest BCUT2D eigenvalue weighted by atomic mass is 10.3. The normalized spacial score (nSPS) is 10.0. The number of aryl methyl sites for hydroxylation is 2. The summed E-state index contributed by atoms with van der Waals surface area (Å²) in [4.78, 5) is 8.27. The molecule has 0 aliphatic heterocycles. The smallest absolute Gasteiger partial charge is 0.213 e. The fourth-order valence-electron chi connectivity index (χ4n) is 2.49. The van der Waals surface area contributed by atoms with Gasteiger partial charge in [-0.15, -0.1) is 0 Å². The zero-order valence-electron chi connectivity index (χ0n) is 13.3. The monoisotopic (exact) mass is 314 g/mol. The third-order valence-corrected chi connectivity index (χ3v) is 3.77. The average molecular weight is 314 g/mol. The zero-order valence-corrected chi connectivity index (χ0v) is 13.3. The van der Waals surface area contributed by atoms with Crippen molar-refractivity contribution in [3.63, 3.8) is 0 Å². The van der Waals surface area contributed by atoms with Gasteiger partial charge in [0.05, 0.1) is 22.1 Å². The molecule has 4 rings (SSSR count). The summed E-state index contributed by atoms with van der Waals surface area (Å²) in [7, 11) is 3.68. The van der Waals surface area contributed by atoms with Gasteiger partial charge >= 0.3 is 0 Å². The molecule has 2 aromatic carbocycles. The summed E-state index contributed by atoms with van der Waals surface area (Å²) < 4.78 is 3.57. The lowest BCUT2D eigenvalue weighted by Gasteiger charge is -1.92. The van der Waals surface area contributed by atoms with Crippen molar-refractivity contribution in [2.45, 2.75) is 0 Å². The molecule has 0 unspecified atom stereocenters. The molecule has 0 amide bonds. The van der Waals surface area contributed by atoms with Crippen LogP contribution in [-0.4, -0.2) is 19.1 Å². The van der Waals surface area contributed by atoms with Crippen LogP contribution in [0.4, 0.5) is 0 Å². The second-order valence-corrected chi connectivity index (χ2v) is 5.19. The summed E-state index contributed by atoms with van der Waals surface area (Å²) in [6.45, 7) is 0. The van der Waals surface area contributed by atoms with Gasteiger partial charge in [-0.3, -0.25) is 0 Å². The fraction of sp³-hybridized carbons (Fsp3) is 0.111. The molecular formula is C18H14N6. The van der Waals surface area contributed by atoms with E-state index >= 15 is 0 Å². The van der Waals surface area contributed by atoms with Crippen molar-refractivity contribution in [2.75, 3.05) is 0 Å². The van der Waals surface area contributed by atoms with E-state index in [9.17, 15) is 0 Å². The SMILES string of the molecule is Cn1c(C#N)nc2ccccc21.Cn1c(C#N)nc2ccccc21. The molecule has 0 aliphatic rings. The Labute approximate surface area is 138 Å². The van der Waals surface area contributed by atoms with Crippen LogP contribution in [0.5, 0.6) is 0 Å². The van der Waals surface area contributed by atoms with E-state index in [0.717, 1.165) is 22.1 Å². The number of rotatable bonds is 0. The molecule has 0 bridgehead atoms. The number of fused-ring (bicyclic) bond motifs is 2. The van der Waals surface area contributed by atoms with E-state index in [1.165, 1.54) is 0 Å². The van der Waals surface area contributed by atoms with Crippen molar-refractivity contribution in [1.29, 1.82) is 10.5 Å². The summed E-state index contributed by atoms with van der Waals surface area (Å²) in [5, 5.41) is 17.4. The largest absolute Gasteiger partial charge is 0.319 e. The number of para-hydroxylation sites is 4.